The van der Waals surface area contributed by atoms with Crippen molar-refractivity contribution in [1.82, 2.24) is 19.7 Å². The molecule has 1 aliphatic carbocycles. The van der Waals surface area contributed by atoms with Crippen LogP contribution >= 0.6 is 11.8 Å². The molecule has 0 amide bonds. The van der Waals surface area contributed by atoms with Gasteiger partial charge in [0.15, 0.2) is 5.16 Å². The standard InChI is InChI=1S/C15H14N4OS/c1-2-4-11(5-3-1)14-17-13(20-18-14)10-21-15-16-8-9-19(15)12-6-7-12/h1-5,8-9,12H,6-7,10H2. The number of aromatic nitrogens is 4. The monoisotopic (exact) mass is 298 g/mol. The van der Waals surface area contributed by atoms with Gasteiger partial charge in [0.05, 0.1) is 5.75 Å². The molecule has 0 radical (unpaired) electrons. The highest BCUT2D eigenvalue weighted by Crippen LogP contribution is 2.38. The van der Waals surface area contributed by atoms with Gasteiger partial charge in [0.25, 0.3) is 0 Å². The molecule has 21 heavy (non-hydrogen) atoms. The van der Waals surface area contributed by atoms with E-state index in [1.54, 1.807) is 11.8 Å². The molecule has 0 saturated heterocycles. The third kappa shape index (κ3) is 2.71. The van der Waals surface area contributed by atoms with E-state index in [1.807, 2.05) is 42.7 Å². The molecule has 1 fully saturated rings. The molecule has 0 bridgehead atoms. The maximum atomic E-state index is 5.31. The zero-order valence-corrected chi connectivity index (χ0v) is 12.2. The van der Waals surface area contributed by atoms with Crippen molar-refractivity contribution in [3.63, 3.8) is 0 Å². The maximum absolute atomic E-state index is 5.31. The van der Waals surface area contributed by atoms with Crippen molar-refractivity contribution in [1.29, 1.82) is 0 Å². The number of imidazole rings is 1. The highest BCUT2D eigenvalue weighted by molar-refractivity contribution is 7.98. The van der Waals surface area contributed by atoms with Crippen LogP contribution in [-0.2, 0) is 5.75 Å². The molecular formula is C15H14N4OS. The molecule has 1 saturated carbocycles. The van der Waals surface area contributed by atoms with Crippen LogP contribution in [0.2, 0.25) is 0 Å². The fourth-order valence-corrected chi connectivity index (χ4v) is 3.05. The Morgan fingerprint density at radius 3 is 2.90 bits per heavy atom. The third-order valence-electron chi connectivity index (χ3n) is 3.40. The topological polar surface area (TPSA) is 56.7 Å². The van der Waals surface area contributed by atoms with Crippen LogP contribution in [0.15, 0.2) is 52.4 Å². The lowest BCUT2D eigenvalue weighted by atomic mass is 10.2. The first kappa shape index (κ1) is 12.6. The molecule has 0 N–H and O–H groups in total. The molecule has 6 heteroatoms. The molecule has 2 heterocycles. The summed E-state index contributed by atoms with van der Waals surface area (Å²) in [5, 5.41) is 5.05. The van der Waals surface area contributed by atoms with E-state index in [-0.39, 0.29) is 0 Å². The molecule has 5 nitrogen and oxygen atoms in total. The highest BCUT2D eigenvalue weighted by Gasteiger charge is 2.25. The smallest absolute Gasteiger partial charge is 0.237 e. The van der Waals surface area contributed by atoms with Crippen LogP contribution in [0.1, 0.15) is 24.8 Å². The summed E-state index contributed by atoms with van der Waals surface area (Å²) in [6, 6.07) is 10.5. The molecule has 106 valence electrons. The van der Waals surface area contributed by atoms with Gasteiger partial charge < -0.3 is 9.09 Å². The Bertz CT molecular complexity index is 733. The van der Waals surface area contributed by atoms with Crippen molar-refractivity contribution >= 4 is 11.8 Å². The molecule has 0 unspecified atom stereocenters. The Labute approximate surface area is 126 Å². The molecule has 0 spiro atoms. The van der Waals surface area contributed by atoms with E-state index >= 15 is 0 Å². The average molecular weight is 298 g/mol. The number of hydrogen-bond donors (Lipinski definition) is 0. The van der Waals surface area contributed by atoms with E-state index in [1.165, 1.54) is 12.8 Å². The van der Waals surface area contributed by atoms with Crippen LogP contribution < -0.4 is 0 Å². The van der Waals surface area contributed by atoms with Crippen LogP contribution in [-0.4, -0.2) is 19.7 Å². The lowest BCUT2D eigenvalue weighted by molar-refractivity contribution is 0.391. The van der Waals surface area contributed by atoms with E-state index in [0.29, 0.717) is 23.5 Å². The van der Waals surface area contributed by atoms with Gasteiger partial charge in [-0.25, -0.2) is 4.98 Å². The van der Waals surface area contributed by atoms with E-state index in [2.05, 4.69) is 19.7 Å². The predicted molar refractivity (Wildman–Crippen MR) is 79.8 cm³/mol. The van der Waals surface area contributed by atoms with Crippen LogP contribution in [0.25, 0.3) is 11.4 Å². The first-order valence-electron chi connectivity index (χ1n) is 6.94. The fourth-order valence-electron chi connectivity index (χ4n) is 2.19. The first-order valence-corrected chi connectivity index (χ1v) is 7.92. The average Bonchev–Trinajstić information content (AvgIpc) is 3.09. The van der Waals surface area contributed by atoms with Gasteiger partial charge in [-0.15, -0.1) is 0 Å². The lowest BCUT2D eigenvalue weighted by Crippen LogP contribution is -1.94. The van der Waals surface area contributed by atoms with Gasteiger partial charge in [0, 0.05) is 24.0 Å². The predicted octanol–water partition coefficient (Wildman–Crippen LogP) is 3.56. The van der Waals surface area contributed by atoms with Crippen LogP contribution in [0.3, 0.4) is 0 Å². The minimum absolute atomic E-state index is 0.629. The summed E-state index contributed by atoms with van der Waals surface area (Å²) >= 11 is 1.64. The fraction of sp³-hybridized carbons (Fsp3) is 0.267. The first-order chi connectivity index (χ1) is 10.4. The summed E-state index contributed by atoms with van der Waals surface area (Å²) in [6.45, 7) is 0. The van der Waals surface area contributed by atoms with E-state index in [0.717, 1.165) is 10.7 Å². The normalized spacial score (nSPS) is 14.5. The minimum Gasteiger partial charge on any atom is -0.338 e. The molecule has 0 atom stereocenters. The lowest BCUT2D eigenvalue weighted by Gasteiger charge is -2.03. The Balaban J connectivity index is 1.46. The second kappa shape index (κ2) is 5.37. The van der Waals surface area contributed by atoms with E-state index in [9.17, 15) is 0 Å². The van der Waals surface area contributed by atoms with Gasteiger partial charge in [-0.1, -0.05) is 47.3 Å². The maximum Gasteiger partial charge on any atom is 0.237 e. The van der Waals surface area contributed by atoms with Crippen molar-refractivity contribution in [2.24, 2.45) is 0 Å². The summed E-state index contributed by atoms with van der Waals surface area (Å²) in [4.78, 5) is 8.83. The van der Waals surface area contributed by atoms with Crippen LogP contribution in [0, 0.1) is 0 Å². The van der Waals surface area contributed by atoms with Gasteiger partial charge in [0.2, 0.25) is 11.7 Å². The molecule has 1 aromatic carbocycles. The van der Waals surface area contributed by atoms with Gasteiger partial charge in [-0.05, 0) is 12.8 Å². The Morgan fingerprint density at radius 2 is 2.10 bits per heavy atom. The quantitative estimate of drug-likeness (QED) is 0.674. The van der Waals surface area contributed by atoms with Gasteiger partial charge in [-0.2, -0.15) is 4.98 Å². The Morgan fingerprint density at radius 1 is 1.24 bits per heavy atom. The Hall–Kier alpha value is -2.08. The van der Waals surface area contributed by atoms with Crippen molar-refractivity contribution in [3.8, 4) is 11.4 Å². The van der Waals surface area contributed by atoms with Crippen LogP contribution in [0.4, 0.5) is 0 Å². The van der Waals surface area contributed by atoms with Gasteiger partial charge >= 0.3 is 0 Å². The van der Waals surface area contributed by atoms with Crippen molar-refractivity contribution in [2.45, 2.75) is 29.8 Å². The SMILES string of the molecule is c1ccc(-c2noc(CSc3nccn3C3CC3)n2)cc1. The highest BCUT2D eigenvalue weighted by atomic mass is 32.2. The summed E-state index contributed by atoms with van der Waals surface area (Å²) in [6.07, 6.45) is 6.40. The number of thioether (sulfide) groups is 1. The van der Waals surface area contributed by atoms with Crippen molar-refractivity contribution in [2.75, 3.05) is 0 Å². The molecular weight excluding hydrogens is 284 g/mol. The van der Waals surface area contributed by atoms with Crippen molar-refractivity contribution < 1.29 is 4.52 Å². The summed E-state index contributed by atoms with van der Waals surface area (Å²) < 4.78 is 7.55. The largest absolute Gasteiger partial charge is 0.338 e. The number of rotatable bonds is 5. The summed E-state index contributed by atoms with van der Waals surface area (Å²) in [5.41, 5.74) is 0.969. The van der Waals surface area contributed by atoms with Crippen molar-refractivity contribution in [3.05, 3.63) is 48.6 Å². The Kier molecular flexibility index (Phi) is 3.23. The van der Waals surface area contributed by atoms with E-state index in [4.69, 9.17) is 4.52 Å². The zero-order chi connectivity index (χ0) is 14.1. The third-order valence-corrected chi connectivity index (χ3v) is 4.36. The summed E-state index contributed by atoms with van der Waals surface area (Å²) in [7, 11) is 0. The number of benzene rings is 1. The summed E-state index contributed by atoms with van der Waals surface area (Å²) in [5.74, 6) is 1.91. The molecule has 4 rings (SSSR count). The molecule has 3 aromatic rings. The molecule has 2 aromatic heterocycles. The molecule has 1 aliphatic rings. The minimum atomic E-state index is 0.629. The number of hydrogen-bond acceptors (Lipinski definition) is 5. The van der Waals surface area contributed by atoms with Gasteiger partial charge in [0.1, 0.15) is 0 Å². The van der Waals surface area contributed by atoms with Gasteiger partial charge in [-0.3, -0.25) is 0 Å². The zero-order valence-electron chi connectivity index (χ0n) is 11.3. The number of nitrogens with zero attached hydrogens (tertiary/aromatic N) is 4. The van der Waals surface area contributed by atoms with Crippen LogP contribution in [0.5, 0.6) is 0 Å². The second-order valence-electron chi connectivity index (χ2n) is 5.01. The second-order valence-corrected chi connectivity index (χ2v) is 5.96. The van der Waals surface area contributed by atoms with E-state index < -0.39 is 0 Å². The molecule has 0 aliphatic heterocycles.